The average Bonchev–Trinajstić information content (AvgIpc) is 3.44. The van der Waals surface area contributed by atoms with Crippen LogP contribution in [0.4, 0.5) is 0 Å². The third-order valence-electron chi connectivity index (χ3n) is 4.56. The number of carbonyl (C=O) groups is 1. The van der Waals surface area contributed by atoms with Crippen molar-refractivity contribution in [2.75, 3.05) is 13.2 Å². The highest BCUT2D eigenvalue weighted by atomic mass is 35.5. The van der Waals surface area contributed by atoms with Crippen LogP contribution < -0.4 is 4.74 Å². The summed E-state index contributed by atoms with van der Waals surface area (Å²) in [4.78, 5) is 16.4. The molecule has 150 valence electrons. The molecule has 0 aliphatic carbocycles. The Balaban J connectivity index is 1.28. The number of hydrogen-bond donors (Lipinski definition) is 0. The van der Waals surface area contributed by atoms with Gasteiger partial charge in [0.05, 0.1) is 17.9 Å². The van der Waals surface area contributed by atoms with Crippen LogP contribution in [0.1, 0.15) is 29.1 Å². The lowest BCUT2D eigenvalue weighted by Gasteiger charge is -2.11. The second-order valence-electron chi connectivity index (χ2n) is 6.67. The zero-order valence-corrected chi connectivity index (χ0v) is 16.4. The number of nitrogens with zero attached hydrogens (tertiary/aromatic N) is 1. The summed E-state index contributed by atoms with van der Waals surface area (Å²) in [7, 11) is 0. The van der Waals surface area contributed by atoms with Gasteiger partial charge in [-0.05, 0) is 61.4 Å². The molecule has 1 fully saturated rings. The number of halogens is 1. The second kappa shape index (κ2) is 9.11. The smallest absolute Gasteiger partial charge is 0.338 e. The molecular weight excluding hydrogens is 394 g/mol. The van der Waals surface area contributed by atoms with E-state index in [1.165, 1.54) is 0 Å². The fraction of sp³-hybridized carbons (Fsp3) is 0.273. The van der Waals surface area contributed by atoms with Gasteiger partial charge in [-0.15, -0.1) is 0 Å². The SMILES string of the molecule is O=C(OCc1ncc(-c2ccc(Cl)cc2)o1)c1ccc(OC[C@@H]2CCCO2)cc1. The van der Waals surface area contributed by atoms with Crippen molar-refractivity contribution in [3.63, 3.8) is 0 Å². The first kappa shape index (κ1) is 19.5. The van der Waals surface area contributed by atoms with E-state index >= 15 is 0 Å². The number of rotatable bonds is 7. The summed E-state index contributed by atoms with van der Waals surface area (Å²) in [5.74, 6) is 1.14. The summed E-state index contributed by atoms with van der Waals surface area (Å²) in [6, 6.07) is 14.0. The topological polar surface area (TPSA) is 70.8 Å². The van der Waals surface area contributed by atoms with Crippen LogP contribution in [0.5, 0.6) is 5.75 Å². The molecule has 0 radical (unpaired) electrons. The molecule has 0 N–H and O–H groups in total. The highest BCUT2D eigenvalue weighted by molar-refractivity contribution is 6.30. The summed E-state index contributed by atoms with van der Waals surface area (Å²) < 4.78 is 22.1. The van der Waals surface area contributed by atoms with Gasteiger partial charge in [-0.1, -0.05) is 11.6 Å². The fourth-order valence-corrected chi connectivity index (χ4v) is 3.11. The molecule has 0 spiro atoms. The zero-order valence-electron chi connectivity index (χ0n) is 15.7. The number of hydrogen-bond acceptors (Lipinski definition) is 6. The van der Waals surface area contributed by atoms with Crippen LogP contribution in [0.25, 0.3) is 11.3 Å². The van der Waals surface area contributed by atoms with Crippen molar-refractivity contribution in [1.82, 2.24) is 4.98 Å². The number of esters is 1. The van der Waals surface area contributed by atoms with Crippen LogP contribution in [-0.4, -0.2) is 30.3 Å². The molecule has 4 rings (SSSR count). The van der Waals surface area contributed by atoms with Crippen LogP contribution in [0.15, 0.2) is 59.1 Å². The first-order valence-electron chi connectivity index (χ1n) is 9.39. The first-order valence-corrected chi connectivity index (χ1v) is 9.77. The number of oxazole rings is 1. The van der Waals surface area contributed by atoms with Gasteiger partial charge in [-0.3, -0.25) is 0 Å². The number of ether oxygens (including phenoxy) is 3. The Hall–Kier alpha value is -2.83. The highest BCUT2D eigenvalue weighted by Crippen LogP contribution is 2.23. The Kier molecular flexibility index (Phi) is 6.12. The fourth-order valence-electron chi connectivity index (χ4n) is 2.99. The predicted molar refractivity (Wildman–Crippen MR) is 107 cm³/mol. The van der Waals surface area contributed by atoms with Gasteiger partial charge in [-0.2, -0.15) is 0 Å². The Morgan fingerprint density at radius 1 is 1.14 bits per heavy atom. The maximum absolute atomic E-state index is 12.2. The second-order valence-corrected chi connectivity index (χ2v) is 7.11. The van der Waals surface area contributed by atoms with E-state index in [1.807, 2.05) is 12.1 Å². The van der Waals surface area contributed by atoms with Gasteiger partial charge in [0.1, 0.15) is 12.4 Å². The van der Waals surface area contributed by atoms with Crippen LogP contribution >= 0.6 is 11.6 Å². The standard InChI is InChI=1S/C22H20ClNO5/c23-17-7-3-15(4-8-17)20-12-24-21(29-20)14-28-22(25)16-5-9-18(10-6-16)27-13-19-2-1-11-26-19/h3-10,12,19H,1-2,11,13-14H2/t19-/m0/s1. The minimum Gasteiger partial charge on any atom is -0.491 e. The van der Waals surface area contributed by atoms with Crippen molar-refractivity contribution in [3.05, 3.63) is 71.2 Å². The molecule has 7 heteroatoms. The number of benzene rings is 2. The van der Waals surface area contributed by atoms with Crippen molar-refractivity contribution >= 4 is 17.6 Å². The molecule has 3 aromatic rings. The molecule has 2 heterocycles. The van der Waals surface area contributed by atoms with Gasteiger partial charge in [-0.25, -0.2) is 9.78 Å². The third kappa shape index (κ3) is 5.16. The maximum Gasteiger partial charge on any atom is 0.338 e. The summed E-state index contributed by atoms with van der Waals surface area (Å²) in [5, 5.41) is 0.644. The van der Waals surface area contributed by atoms with Gasteiger partial charge in [0.2, 0.25) is 5.89 Å². The van der Waals surface area contributed by atoms with Gasteiger partial charge in [0.25, 0.3) is 0 Å². The monoisotopic (exact) mass is 413 g/mol. The van der Waals surface area contributed by atoms with E-state index in [1.54, 1.807) is 42.6 Å². The maximum atomic E-state index is 12.2. The van der Waals surface area contributed by atoms with Crippen LogP contribution in [0.2, 0.25) is 5.02 Å². The van der Waals surface area contributed by atoms with Crippen molar-refractivity contribution in [2.24, 2.45) is 0 Å². The molecule has 0 saturated carbocycles. The van der Waals surface area contributed by atoms with Crippen LogP contribution in [0.3, 0.4) is 0 Å². The Morgan fingerprint density at radius 2 is 1.93 bits per heavy atom. The Labute approximate surface area is 173 Å². The lowest BCUT2D eigenvalue weighted by Crippen LogP contribution is -2.16. The molecule has 1 aromatic heterocycles. The van der Waals surface area contributed by atoms with E-state index in [0.29, 0.717) is 34.6 Å². The molecular formula is C22H20ClNO5. The number of carbonyl (C=O) groups excluding carboxylic acids is 1. The quantitative estimate of drug-likeness (QED) is 0.512. The van der Waals surface area contributed by atoms with E-state index in [2.05, 4.69) is 4.98 Å². The van der Waals surface area contributed by atoms with E-state index in [-0.39, 0.29) is 12.7 Å². The van der Waals surface area contributed by atoms with Gasteiger partial charge in [0, 0.05) is 17.2 Å². The summed E-state index contributed by atoms with van der Waals surface area (Å²) in [5.41, 5.74) is 1.28. The molecule has 29 heavy (non-hydrogen) atoms. The lowest BCUT2D eigenvalue weighted by molar-refractivity contribution is 0.0438. The third-order valence-corrected chi connectivity index (χ3v) is 4.81. The molecule has 0 bridgehead atoms. The molecule has 1 aliphatic rings. The van der Waals surface area contributed by atoms with Crippen LogP contribution in [-0.2, 0) is 16.1 Å². The first-order chi connectivity index (χ1) is 14.2. The Bertz CT molecular complexity index is 946. The summed E-state index contributed by atoms with van der Waals surface area (Å²) in [6.45, 7) is 1.26. The molecule has 2 aromatic carbocycles. The molecule has 0 unspecified atom stereocenters. The van der Waals surface area contributed by atoms with E-state index < -0.39 is 5.97 Å². The van der Waals surface area contributed by atoms with Crippen molar-refractivity contribution in [1.29, 1.82) is 0 Å². The van der Waals surface area contributed by atoms with Gasteiger partial charge in [0.15, 0.2) is 12.4 Å². The molecule has 1 saturated heterocycles. The van der Waals surface area contributed by atoms with E-state index in [0.717, 1.165) is 25.0 Å². The molecule has 1 atom stereocenters. The van der Waals surface area contributed by atoms with Crippen LogP contribution in [0, 0.1) is 0 Å². The normalized spacial score (nSPS) is 16.0. The molecule has 6 nitrogen and oxygen atoms in total. The van der Waals surface area contributed by atoms with Crippen molar-refractivity contribution in [3.8, 4) is 17.1 Å². The van der Waals surface area contributed by atoms with Gasteiger partial charge < -0.3 is 18.6 Å². The van der Waals surface area contributed by atoms with E-state index in [9.17, 15) is 4.79 Å². The summed E-state index contributed by atoms with van der Waals surface area (Å²) in [6.07, 6.45) is 3.83. The largest absolute Gasteiger partial charge is 0.491 e. The summed E-state index contributed by atoms with van der Waals surface area (Å²) >= 11 is 5.89. The lowest BCUT2D eigenvalue weighted by atomic mass is 10.2. The average molecular weight is 414 g/mol. The van der Waals surface area contributed by atoms with Gasteiger partial charge >= 0.3 is 5.97 Å². The molecule has 1 aliphatic heterocycles. The minimum absolute atomic E-state index is 0.0519. The minimum atomic E-state index is -0.457. The zero-order chi connectivity index (χ0) is 20.1. The Morgan fingerprint density at radius 3 is 2.66 bits per heavy atom. The predicted octanol–water partition coefficient (Wildman–Crippen LogP) is 4.91. The number of aromatic nitrogens is 1. The van der Waals surface area contributed by atoms with E-state index in [4.69, 9.17) is 30.2 Å². The highest BCUT2D eigenvalue weighted by Gasteiger charge is 2.16. The van der Waals surface area contributed by atoms with Crippen molar-refractivity contribution < 1.29 is 23.4 Å². The van der Waals surface area contributed by atoms with Crippen molar-refractivity contribution in [2.45, 2.75) is 25.6 Å². The molecule has 0 amide bonds.